The van der Waals surface area contributed by atoms with E-state index in [1.165, 1.54) is 34.9 Å². The third-order valence-corrected chi connectivity index (χ3v) is 5.38. The lowest BCUT2D eigenvalue weighted by Crippen LogP contribution is -2.38. The number of halogens is 1. The van der Waals surface area contributed by atoms with Crippen molar-refractivity contribution in [3.63, 3.8) is 0 Å². The lowest BCUT2D eigenvalue weighted by Gasteiger charge is -2.26. The highest BCUT2D eigenvalue weighted by atomic mass is 79.9. The number of benzene rings is 1. The van der Waals surface area contributed by atoms with Crippen LogP contribution in [0.1, 0.15) is 44.2 Å². The molecular weight excluding hydrogens is 326 g/mol. The third kappa shape index (κ3) is 3.62. The molecule has 2 atom stereocenters. The molecular formula is C18H26BrNO. The fourth-order valence-corrected chi connectivity index (χ4v) is 4.01. The molecule has 1 aromatic rings. The molecule has 0 spiro atoms. The second-order valence-electron chi connectivity index (χ2n) is 6.61. The van der Waals surface area contributed by atoms with Crippen LogP contribution in [-0.2, 0) is 12.8 Å². The molecule has 1 N–H and O–H groups in total. The van der Waals surface area contributed by atoms with Gasteiger partial charge in [-0.05, 0) is 67.3 Å². The average Bonchev–Trinajstić information content (AvgIpc) is 3.21. The van der Waals surface area contributed by atoms with Crippen LogP contribution in [0, 0.1) is 11.8 Å². The summed E-state index contributed by atoms with van der Waals surface area (Å²) >= 11 is 3.66. The molecule has 0 saturated heterocycles. The summed E-state index contributed by atoms with van der Waals surface area (Å²) < 4.78 is 7.09. The molecule has 3 rings (SSSR count). The molecule has 1 fully saturated rings. The minimum Gasteiger partial charge on any atom is -0.493 e. The van der Waals surface area contributed by atoms with Gasteiger partial charge in [0.15, 0.2) is 0 Å². The number of hydrogen-bond acceptors (Lipinski definition) is 2. The lowest BCUT2D eigenvalue weighted by atomic mass is 9.90. The maximum absolute atomic E-state index is 5.90. The van der Waals surface area contributed by atoms with Crippen molar-refractivity contribution in [1.82, 2.24) is 5.32 Å². The monoisotopic (exact) mass is 351 g/mol. The van der Waals surface area contributed by atoms with Crippen LogP contribution in [0.15, 0.2) is 16.6 Å². The van der Waals surface area contributed by atoms with Gasteiger partial charge < -0.3 is 10.1 Å². The maximum atomic E-state index is 5.90. The van der Waals surface area contributed by atoms with Gasteiger partial charge in [-0.25, -0.2) is 0 Å². The summed E-state index contributed by atoms with van der Waals surface area (Å²) in [7, 11) is 0. The van der Waals surface area contributed by atoms with E-state index in [1.54, 1.807) is 0 Å². The molecule has 3 heteroatoms. The second-order valence-corrected chi connectivity index (χ2v) is 7.53. The van der Waals surface area contributed by atoms with Gasteiger partial charge in [-0.3, -0.25) is 0 Å². The van der Waals surface area contributed by atoms with Gasteiger partial charge in [0.2, 0.25) is 0 Å². The minimum atomic E-state index is 0.569. The topological polar surface area (TPSA) is 21.3 Å². The van der Waals surface area contributed by atoms with Crippen molar-refractivity contribution in [1.29, 1.82) is 0 Å². The SMILES string of the molecule is CCCNC(Cc1cc(Br)cc2c1OCC2)C(C)C1CC1. The first-order valence-electron chi connectivity index (χ1n) is 8.36. The summed E-state index contributed by atoms with van der Waals surface area (Å²) in [5, 5.41) is 3.78. The van der Waals surface area contributed by atoms with Crippen LogP contribution in [0.4, 0.5) is 0 Å². The molecule has 0 aromatic heterocycles. The van der Waals surface area contributed by atoms with Crippen LogP contribution in [0.2, 0.25) is 0 Å². The Kier molecular flexibility index (Phi) is 4.90. The lowest BCUT2D eigenvalue weighted by molar-refractivity contribution is 0.326. The van der Waals surface area contributed by atoms with Crippen LogP contribution < -0.4 is 10.1 Å². The van der Waals surface area contributed by atoms with Crippen molar-refractivity contribution < 1.29 is 4.74 Å². The van der Waals surface area contributed by atoms with E-state index in [0.29, 0.717) is 6.04 Å². The number of nitrogens with one attached hydrogen (secondary N) is 1. The fraction of sp³-hybridized carbons (Fsp3) is 0.667. The minimum absolute atomic E-state index is 0.569. The normalized spacial score (nSPS) is 20.0. The van der Waals surface area contributed by atoms with Crippen LogP contribution in [0.25, 0.3) is 0 Å². The van der Waals surface area contributed by atoms with E-state index >= 15 is 0 Å². The maximum Gasteiger partial charge on any atom is 0.125 e. The molecule has 1 aliphatic carbocycles. The predicted molar refractivity (Wildman–Crippen MR) is 91.0 cm³/mol. The molecule has 1 heterocycles. The number of rotatable bonds is 7. The van der Waals surface area contributed by atoms with Gasteiger partial charge >= 0.3 is 0 Å². The van der Waals surface area contributed by atoms with E-state index in [4.69, 9.17) is 4.74 Å². The Morgan fingerprint density at radius 1 is 1.38 bits per heavy atom. The smallest absolute Gasteiger partial charge is 0.125 e. The standard InChI is InChI=1S/C18H26BrNO/c1-3-7-20-17(12(2)13-4-5-13)11-15-10-16(19)9-14-6-8-21-18(14)15/h9-10,12-13,17,20H,3-8,11H2,1-2H3. The van der Waals surface area contributed by atoms with Gasteiger partial charge in [-0.2, -0.15) is 0 Å². The fourth-order valence-electron chi connectivity index (χ4n) is 3.46. The Hall–Kier alpha value is -0.540. The first-order valence-corrected chi connectivity index (χ1v) is 9.15. The van der Waals surface area contributed by atoms with Gasteiger partial charge in [0.1, 0.15) is 5.75 Å². The van der Waals surface area contributed by atoms with Gasteiger partial charge in [0, 0.05) is 16.9 Å². The Morgan fingerprint density at radius 2 is 2.19 bits per heavy atom. The molecule has 1 saturated carbocycles. The zero-order chi connectivity index (χ0) is 14.8. The summed E-state index contributed by atoms with van der Waals surface area (Å²) in [6, 6.07) is 5.04. The van der Waals surface area contributed by atoms with E-state index in [2.05, 4.69) is 47.2 Å². The molecule has 21 heavy (non-hydrogen) atoms. The van der Waals surface area contributed by atoms with Crippen molar-refractivity contribution in [2.45, 2.75) is 52.0 Å². The summed E-state index contributed by atoms with van der Waals surface area (Å²) in [6.07, 6.45) is 6.16. The molecule has 116 valence electrons. The van der Waals surface area contributed by atoms with Crippen LogP contribution >= 0.6 is 15.9 Å². The van der Waals surface area contributed by atoms with Crippen LogP contribution in [0.3, 0.4) is 0 Å². The average molecular weight is 352 g/mol. The Bertz CT molecular complexity index is 498. The predicted octanol–water partition coefficient (Wildman–Crippen LogP) is 4.34. The Balaban J connectivity index is 1.78. The summed E-state index contributed by atoms with van der Waals surface area (Å²) in [6.45, 7) is 6.61. The van der Waals surface area contributed by atoms with E-state index in [9.17, 15) is 0 Å². The van der Waals surface area contributed by atoms with E-state index < -0.39 is 0 Å². The van der Waals surface area contributed by atoms with Gasteiger partial charge in [0.05, 0.1) is 6.61 Å². The van der Waals surface area contributed by atoms with Crippen molar-refractivity contribution in [3.05, 3.63) is 27.7 Å². The molecule has 2 unspecified atom stereocenters. The number of hydrogen-bond donors (Lipinski definition) is 1. The Labute approximate surface area is 136 Å². The number of ether oxygens (including phenoxy) is 1. The largest absolute Gasteiger partial charge is 0.493 e. The van der Waals surface area contributed by atoms with Crippen LogP contribution in [0.5, 0.6) is 5.75 Å². The first-order chi connectivity index (χ1) is 10.2. The summed E-state index contributed by atoms with van der Waals surface area (Å²) in [5.41, 5.74) is 2.74. The van der Waals surface area contributed by atoms with Crippen LogP contribution in [-0.4, -0.2) is 19.2 Å². The van der Waals surface area contributed by atoms with Crippen molar-refractivity contribution >= 4 is 15.9 Å². The van der Waals surface area contributed by atoms with Gasteiger partial charge in [0.25, 0.3) is 0 Å². The highest BCUT2D eigenvalue weighted by Gasteiger charge is 2.33. The molecule has 0 radical (unpaired) electrons. The van der Waals surface area contributed by atoms with E-state index in [0.717, 1.165) is 43.6 Å². The third-order valence-electron chi connectivity index (χ3n) is 4.92. The first kappa shape index (κ1) is 15.4. The van der Waals surface area contributed by atoms with Crippen molar-refractivity contribution in [3.8, 4) is 5.75 Å². The molecule has 0 bridgehead atoms. The molecule has 1 aromatic carbocycles. The second kappa shape index (κ2) is 6.70. The zero-order valence-electron chi connectivity index (χ0n) is 13.1. The van der Waals surface area contributed by atoms with E-state index in [-0.39, 0.29) is 0 Å². The summed E-state index contributed by atoms with van der Waals surface area (Å²) in [4.78, 5) is 0. The van der Waals surface area contributed by atoms with Gasteiger partial charge in [-0.15, -0.1) is 0 Å². The quantitative estimate of drug-likeness (QED) is 0.788. The van der Waals surface area contributed by atoms with Crippen molar-refractivity contribution in [2.75, 3.05) is 13.2 Å². The summed E-state index contributed by atoms with van der Waals surface area (Å²) in [5.74, 6) is 2.84. The molecule has 0 amide bonds. The zero-order valence-corrected chi connectivity index (χ0v) is 14.7. The van der Waals surface area contributed by atoms with E-state index in [1.807, 2.05) is 0 Å². The molecule has 1 aliphatic heterocycles. The molecule has 2 aliphatic rings. The van der Waals surface area contributed by atoms with Gasteiger partial charge in [-0.1, -0.05) is 29.8 Å². The molecule has 2 nitrogen and oxygen atoms in total. The Morgan fingerprint density at radius 3 is 2.90 bits per heavy atom. The highest BCUT2D eigenvalue weighted by Crippen LogP contribution is 2.40. The highest BCUT2D eigenvalue weighted by molar-refractivity contribution is 9.10. The van der Waals surface area contributed by atoms with Crippen molar-refractivity contribution in [2.24, 2.45) is 11.8 Å². The number of fused-ring (bicyclic) bond motifs is 1.